The summed E-state index contributed by atoms with van der Waals surface area (Å²) in [7, 11) is 0. The molecule has 0 aliphatic heterocycles. The van der Waals surface area contributed by atoms with Crippen LogP contribution in [-0.2, 0) is 0 Å². The first-order valence-corrected chi connectivity index (χ1v) is 5.26. The molecule has 1 rings (SSSR count). The zero-order valence-electron chi connectivity index (χ0n) is 5.61. The number of carbonyl (C=O) groups is 1. The van der Waals surface area contributed by atoms with Crippen LogP contribution < -0.4 is 5.11 Å². The van der Waals surface area contributed by atoms with Crippen molar-refractivity contribution in [1.82, 2.24) is 0 Å². The van der Waals surface area contributed by atoms with Crippen molar-refractivity contribution in [2.24, 2.45) is 0 Å². The summed E-state index contributed by atoms with van der Waals surface area (Å²) >= 11 is 9.43. The van der Waals surface area contributed by atoms with Gasteiger partial charge in [0.25, 0.3) is 0 Å². The van der Waals surface area contributed by atoms with Gasteiger partial charge in [-0.3, -0.25) is 0 Å². The van der Waals surface area contributed by atoms with Gasteiger partial charge in [-0.05, 0) is 44.0 Å². The molecule has 0 fully saturated rings. The predicted octanol–water partition coefficient (Wildman–Crippen LogP) is 2.34. The lowest BCUT2D eigenvalue weighted by Gasteiger charge is -2.08. The van der Waals surface area contributed by atoms with Gasteiger partial charge >= 0.3 is 0 Å². The van der Waals surface area contributed by atoms with Gasteiger partial charge in [0.1, 0.15) is 0 Å². The third-order valence-corrected chi connectivity index (χ3v) is 3.93. The zero-order valence-corrected chi connectivity index (χ0v) is 10.4. The third-order valence-electron chi connectivity index (χ3n) is 1.25. The monoisotopic (exact) mass is 355 g/mol. The largest absolute Gasteiger partial charge is 0.545 e. The van der Waals surface area contributed by atoms with Crippen LogP contribution >= 0.6 is 47.8 Å². The first-order valence-electron chi connectivity index (χ1n) is 2.89. The van der Waals surface area contributed by atoms with Crippen LogP contribution in [0.2, 0.25) is 0 Å². The summed E-state index contributed by atoms with van der Waals surface area (Å²) in [4.78, 5) is 10.6. The maximum Gasteiger partial charge on any atom is 0.0738 e. The number of carboxylic acid groups (broad SMARTS) is 1. The first-order chi connectivity index (χ1) is 5.54. The smallest absolute Gasteiger partial charge is 0.0738 e. The molecule has 0 aliphatic rings. The molecule has 1 aromatic rings. The number of rotatable bonds is 1. The molecule has 1 aromatic carbocycles. The van der Waals surface area contributed by atoms with Crippen LogP contribution in [0.3, 0.4) is 0 Å². The van der Waals surface area contributed by atoms with Crippen LogP contribution in [0.25, 0.3) is 0 Å². The van der Waals surface area contributed by atoms with E-state index in [4.69, 9.17) is 0 Å². The Balaban J connectivity index is 3.43. The number of aromatic carboxylic acids is 1. The fraction of sp³-hybridized carbons (Fsp3) is 0. The summed E-state index contributed by atoms with van der Waals surface area (Å²) in [5.41, 5.74) is 0.115. The standard InChI is InChI=1S/C7H3Br3O2/c8-3-1-2-4(9)6(10)5(3)7(11)12/h1-2H,(H,11,12)/p-1. The topological polar surface area (TPSA) is 40.1 Å². The van der Waals surface area contributed by atoms with Gasteiger partial charge < -0.3 is 9.90 Å². The van der Waals surface area contributed by atoms with Gasteiger partial charge in [-0.2, -0.15) is 0 Å². The molecule has 0 unspecified atom stereocenters. The highest BCUT2D eigenvalue weighted by atomic mass is 79.9. The SMILES string of the molecule is O=C([O-])c1c(Br)ccc(Br)c1Br. The van der Waals surface area contributed by atoms with Crippen molar-refractivity contribution in [1.29, 1.82) is 0 Å². The number of halogens is 3. The Morgan fingerprint density at radius 3 is 2.08 bits per heavy atom. The van der Waals surface area contributed by atoms with E-state index in [2.05, 4.69) is 47.8 Å². The quantitative estimate of drug-likeness (QED) is 0.724. The summed E-state index contributed by atoms with van der Waals surface area (Å²) < 4.78 is 1.67. The molecule has 5 heteroatoms. The molecule has 0 bridgehead atoms. The van der Waals surface area contributed by atoms with E-state index >= 15 is 0 Å². The second-order valence-electron chi connectivity index (χ2n) is 2.01. The number of carboxylic acids is 1. The first kappa shape index (κ1) is 10.2. The summed E-state index contributed by atoms with van der Waals surface area (Å²) in [6, 6.07) is 3.38. The van der Waals surface area contributed by atoms with Crippen molar-refractivity contribution < 1.29 is 9.90 Å². The fourth-order valence-corrected chi connectivity index (χ4v) is 2.31. The summed E-state index contributed by atoms with van der Waals surface area (Å²) in [6.45, 7) is 0. The second-order valence-corrected chi connectivity index (χ2v) is 4.51. The van der Waals surface area contributed by atoms with E-state index in [0.29, 0.717) is 13.4 Å². The zero-order chi connectivity index (χ0) is 9.30. The van der Waals surface area contributed by atoms with Crippen LogP contribution in [0, 0.1) is 0 Å². The molecule has 0 aromatic heterocycles. The van der Waals surface area contributed by atoms with Gasteiger partial charge in [-0.25, -0.2) is 0 Å². The van der Waals surface area contributed by atoms with Gasteiger partial charge in [-0.15, -0.1) is 0 Å². The molecule has 0 aliphatic carbocycles. The van der Waals surface area contributed by atoms with Crippen molar-refractivity contribution in [3.63, 3.8) is 0 Å². The number of hydrogen-bond acceptors (Lipinski definition) is 2. The Morgan fingerprint density at radius 2 is 1.67 bits per heavy atom. The van der Waals surface area contributed by atoms with Crippen molar-refractivity contribution in [2.45, 2.75) is 0 Å². The van der Waals surface area contributed by atoms with Crippen molar-refractivity contribution in [3.05, 3.63) is 31.1 Å². The lowest BCUT2D eigenvalue weighted by atomic mass is 10.2. The maximum absolute atomic E-state index is 10.6. The van der Waals surface area contributed by atoms with E-state index in [0.717, 1.165) is 0 Å². The molecule has 2 nitrogen and oxygen atoms in total. The summed E-state index contributed by atoms with van der Waals surface area (Å²) in [5.74, 6) is -1.21. The molecule has 0 N–H and O–H groups in total. The van der Waals surface area contributed by atoms with E-state index < -0.39 is 5.97 Å². The van der Waals surface area contributed by atoms with Crippen molar-refractivity contribution in [3.8, 4) is 0 Å². The molecule has 0 atom stereocenters. The van der Waals surface area contributed by atoms with Crippen LogP contribution in [0.15, 0.2) is 25.6 Å². The van der Waals surface area contributed by atoms with E-state index in [1.165, 1.54) is 0 Å². The van der Waals surface area contributed by atoms with Crippen LogP contribution in [-0.4, -0.2) is 5.97 Å². The minimum atomic E-state index is -1.21. The van der Waals surface area contributed by atoms with Crippen LogP contribution in [0.4, 0.5) is 0 Å². The maximum atomic E-state index is 10.6. The second kappa shape index (κ2) is 3.89. The van der Waals surface area contributed by atoms with Crippen molar-refractivity contribution in [2.75, 3.05) is 0 Å². The van der Waals surface area contributed by atoms with Crippen molar-refractivity contribution >= 4 is 53.8 Å². The summed E-state index contributed by atoms with van der Waals surface area (Å²) in [5, 5.41) is 10.6. The third kappa shape index (κ3) is 1.89. The molecule has 0 amide bonds. The van der Waals surface area contributed by atoms with E-state index in [9.17, 15) is 9.90 Å². The Kier molecular flexibility index (Phi) is 3.31. The van der Waals surface area contributed by atoms with Gasteiger partial charge in [0.2, 0.25) is 0 Å². The van der Waals surface area contributed by atoms with E-state index in [-0.39, 0.29) is 5.56 Å². The Morgan fingerprint density at radius 1 is 1.17 bits per heavy atom. The highest BCUT2D eigenvalue weighted by Gasteiger charge is 2.08. The summed E-state index contributed by atoms with van der Waals surface area (Å²) in [6.07, 6.45) is 0. The van der Waals surface area contributed by atoms with E-state index in [1.807, 2.05) is 0 Å². The molecule has 64 valence electrons. The Labute approximate surface area is 94.4 Å². The normalized spacial score (nSPS) is 9.92. The molecule has 0 heterocycles. The molecule has 0 saturated carbocycles. The highest BCUT2D eigenvalue weighted by Crippen LogP contribution is 2.31. The number of carbonyl (C=O) groups excluding carboxylic acids is 1. The minimum absolute atomic E-state index is 0.115. The average Bonchev–Trinajstić information content (AvgIpc) is 1.97. The molecule has 12 heavy (non-hydrogen) atoms. The average molecular weight is 358 g/mol. The number of benzene rings is 1. The van der Waals surface area contributed by atoms with Gasteiger partial charge in [0.05, 0.1) is 5.97 Å². The Bertz CT molecular complexity index is 336. The van der Waals surface area contributed by atoms with Crippen LogP contribution in [0.1, 0.15) is 10.4 Å². The molecular formula is C7H2Br3O2-. The van der Waals surface area contributed by atoms with E-state index in [1.54, 1.807) is 12.1 Å². The molecule has 0 radical (unpaired) electrons. The molecule has 0 spiro atoms. The van der Waals surface area contributed by atoms with Gasteiger partial charge in [-0.1, -0.05) is 15.9 Å². The number of hydrogen-bond donors (Lipinski definition) is 0. The predicted molar refractivity (Wildman–Crippen MR) is 53.9 cm³/mol. The Hall–Kier alpha value is 0.130. The lowest BCUT2D eigenvalue weighted by molar-refractivity contribution is -0.255. The van der Waals surface area contributed by atoms with Gasteiger partial charge in [0, 0.05) is 19.0 Å². The minimum Gasteiger partial charge on any atom is -0.545 e. The molecule has 0 saturated heterocycles. The lowest BCUT2D eigenvalue weighted by Crippen LogP contribution is -2.23. The van der Waals surface area contributed by atoms with Gasteiger partial charge in [0.15, 0.2) is 0 Å². The fourth-order valence-electron chi connectivity index (χ4n) is 0.714. The molecular weight excluding hydrogens is 356 g/mol. The highest BCUT2D eigenvalue weighted by molar-refractivity contribution is 9.13. The van der Waals surface area contributed by atoms with Crippen LogP contribution in [0.5, 0.6) is 0 Å².